The smallest absolute Gasteiger partial charge is 0.184 e. The molecule has 16 heavy (non-hydrogen) atoms. The third-order valence-corrected chi connectivity index (χ3v) is 6.40. The van der Waals surface area contributed by atoms with Crippen molar-refractivity contribution in [3.05, 3.63) is 29.8 Å². The van der Waals surface area contributed by atoms with E-state index in [9.17, 15) is 17.2 Å². The second-order valence-corrected chi connectivity index (χ2v) is 6.90. The summed E-state index contributed by atoms with van der Waals surface area (Å²) in [6.45, 7) is 0. The zero-order chi connectivity index (χ0) is 11.6. The molecule has 2 atom stereocenters. The minimum absolute atomic E-state index is 0.212. The van der Waals surface area contributed by atoms with Crippen LogP contribution in [-0.2, 0) is 9.84 Å². The van der Waals surface area contributed by atoms with Gasteiger partial charge in [-0.1, -0.05) is 0 Å². The van der Waals surface area contributed by atoms with Crippen LogP contribution < -0.4 is 0 Å². The lowest BCUT2D eigenvalue weighted by Crippen LogP contribution is -2.32. The van der Waals surface area contributed by atoms with Gasteiger partial charge in [-0.25, -0.2) is 17.2 Å². The summed E-state index contributed by atoms with van der Waals surface area (Å²) in [5.41, 5.74) is 0. The van der Waals surface area contributed by atoms with Gasteiger partial charge in [-0.2, -0.15) is 0 Å². The number of sulfone groups is 1. The second-order valence-electron chi connectivity index (χ2n) is 4.61. The zero-order valence-corrected chi connectivity index (χ0v) is 9.23. The molecule has 2 fully saturated rings. The van der Waals surface area contributed by atoms with Crippen molar-refractivity contribution >= 4 is 9.84 Å². The number of hydrogen-bond acceptors (Lipinski definition) is 2. The maximum atomic E-state index is 13.0. The molecule has 5 heteroatoms. The van der Waals surface area contributed by atoms with Gasteiger partial charge in [-0.05, 0) is 37.3 Å². The van der Waals surface area contributed by atoms with Gasteiger partial charge in [0.15, 0.2) is 9.84 Å². The van der Waals surface area contributed by atoms with E-state index in [0.29, 0.717) is 18.9 Å². The Balaban J connectivity index is 2.10. The van der Waals surface area contributed by atoms with E-state index in [-0.39, 0.29) is 10.8 Å². The minimum Gasteiger partial charge on any atom is -0.223 e. The van der Waals surface area contributed by atoms with Gasteiger partial charge in [-0.3, -0.25) is 0 Å². The molecular weight excluding hydrogens is 234 g/mol. The molecule has 0 heterocycles. The van der Waals surface area contributed by atoms with E-state index in [1.807, 2.05) is 0 Å². The summed E-state index contributed by atoms with van der Waals surface area (Å²) in [6, 6.07) is 2.49. The molecule has 0 bridgehead atoms. The zero-order valence-electron chi connectivity index (χ0n) is 8.41. The number of halogens is 2. The third-order valence-electron chi connectivity index (χ3n) is 3.77. The standard InChI is InChI=1S/C11H10F2O2S/c12-8-3-9(13)5-10(4-8)16(14,15)11-2-1-7(11)6-11/h3-5,7H,1-2,6H2/t7-,11-/m0/s1. The van der Waals surface area contributed by atoms with E-state index < -0.39 is 26.2 Å². The molecule has 1 aromatic rings. The van der Waals surface area contributed by atoms with E-state index in [1.165, 1.54) is 0 Å². The van der Waals surface area contributed by atoms with Crippen LogP contribution in [0.4, 0.5) is 8.78 Å². The minimum atomic E-state index is -3.55. The fourth-order valence-corrected chi connectivity index (χ4v) is 4.98. The van der Waals surface area contributed by atoms with Gasteiger partial charge in [0.05, 0.1) is 9.64 Å². The van der Waals surface area contributed by atoms with Crippen molar-refractivity contribution in [2.75, 3.05) is 0 Å². The van der Waals surface area contributed by atoms with Crippen LogP contribution >= 0.6 is 0 Å². The Morgan fingerprint density at radius 2 is 1.81 bits per heavy atom. The van der Waals surface area contributed by atoms with Crippen LogP contribution in [0.25, 0.3) is 0 Å². The Kier molecular flexibility index (Phi) is 1.80. The van der Waals surface area contributed by atoms with E-state index in [2.05, 4.69) is 0 Å². The fourth-order valence-electron chi connectivity index (χ4n) is 2.61. The van der Waals surface area contributed by atoms with E-state index in [1.54, 1.807) is 0 Å². The Bertz CT molecular complexity index is 543. The first kappa shape index (κ1) is 10.2. The van der Waals surface area contributed by atoms with Gasteiger partial charge in [0.2, 0.25) is 0 Å². The highest BCUT2D eigenvalue weighted by Crippen LogP contribution is 2.66. The molecule has 0 aliphatic heterocycles. The van der Waals surface area contributed by atoms with Crippen molar-refractivity contribution in [3.8, 4) is 0 Å². The van der Waals surface area contributed by atoms with Crippen LogP contribution in [0.3, 0.4) is 0 Å². The second kappa shape index (κ2) is 2.83. The normalized spacial score (nSPS) is 31.8. The summed E-state index contributed by atoms with van der Waals surface area (Å²) in [5, 5.41) is 0. The van der Waals surface area contributed by atoms with Crippen molar-refractivity contribution < 1.29 is 17.2 Å². The molecule has 2 aliphatic rings. The van der Waals surface area contributed by atoms with E-state index in [0.717, 1.165) is 18.6 Å². The molecule has 0 saturated heterocycles. The molecule has 0 spiro atoms. The Labute approximate surface area is 92.2 Å². The average Bonchev–Trinajstić information content (AvgIpc) is 2.67. The highest BCUT2D eigenvalue weighted by molar-refractivity contribution is 7.93. The maximum absolute atomic E-state index is 13.0. The summed E-state index contributed by atoms with van der Waals surface area (Å²) in [7, 11) is -3.55. The third kappa shape index (κ3) is 1.12. The van der Waals surface area contributed by atoms with Gasteiger partial charge in [0.25, 0.3) is 0 Å². The van der Waals surface area contributed by atoms with Gasteiger partial charge < -0.3 is 0 Å². The monoisotopic (exact) mass is 244 g/mol. The first-order chi connectivity index (χ1) is 7.46. The van der Waals surface area contributed by atoms with Gasteiger partial charge in [0, 0.05) is 6.07 Å². The first-order valence-electron chi connectivity index (χ1n) is 5.16. The highest BCUT2D eigenvalue weighted by atomic mass is 32.2. The summed E-state index contributed by atoms with van der Waals surface area (Å²) in [4.78, 5) is -0.216. The highest BCUT2D eigenvalue weighted by Gasteiger charge is 2.69. The number of benzene rings is 1. The molecule has 2 saturated carbocycles. The molecule has 3 rings (SSSR count). The molecule has 2 aliphatic carbocycles. The lowest BCUT2D eigenvalue weighted by molar-refractivity contribution is 0.462. The quantitative estimate of drug-likeness (QED) is 0.800. The summed E-state index contributed by atoms with van der Waals surface area (Å²) >= 11 is 0. The van der Waals surface area contributed by atoms with Crippen LogP contribution in [0.1, 0.15) is 19.3 Å². The lowest BCUT2D eigenvalue weighted by atomic mass is 10.00. The molecule has 0 unspecified atom stereocenters. The summed E-state index contributed by atoms with van der Waals surface area (Å²) in [5.74, 6) is -1.47. The van der Waals surface area contributed by atoms with Crippen LogP contribution in [-0.4, -0.2) is 13.2 Å². The summed E-state index contributed by atoms with van der Waals surface area (Å²) in [6.07, 6.45) is 2.18. The molecular formula is C11H10F2O2S. The topological polar surface area (TPSA) is 34.1 Å². The Morgan fingerprint density at radius 1 is 1.19 bits per heavy atom. The lowest BCUT2D eigenvalue weighted by Gasteiger charge is -2.25. The van der Waals surface area contributed by atoms with Crippen LogP contribution in [0.5, 0.6) is 0 Å². The maximum Gasteiger partial charge on any atom is 0.184 e. The Morgan fingerprint density at radius 3 is 2.19 bits per heavy atom. The average molecular weight is 244 g/mol. The van der Waals surface area contributed by atoms with Gasteiger partial charge in [0.1, 0.15) is 11.6 Å². The van der Waals surface area contributed by atoms with E-state index >= 15 is 0 Å². The molecule has 0 N–H and O–H groups in total. The van der Waals surface area contributed by atoms with Crippen molar-refractivity contribution in [2.24, 2.45) is 5.92 Å². The number of fused-ring (bicyclic) bond motifs is 1. The largest absolute Gasteiger partial charge is 0.223 e. The SMILES string of the molecule is O=S(=O)(c1cc(F)cc(F)c1)[C@]12CC[C@H]1C2. The molecule has 2 nitrogen and oxygen atoms in total. The summed E-state index contributed by atoms with van der Waals surface area (Å²) < 4.78 is 49.6. The van der Waals surface area contributed by atoms with Crippen molar-refractivity contribution in [3.63, 3.8) is 0 Å². The van der Waals surface area contributed by atoms with Gasteiger partial charge >= 0.3 is 0 Å². The first-order valence-corrected chi connectivity index (χ1v) is 6.65. The molecule has 0 aromatic heterocycles. The molecule has 0 amide bonds. The molecule has 0 radical (unpaired) electrons. The van der Waals surface area contributed by atoms with Gasteiger partial charge in [-0.15, -0.1) is 0 Å². The predicted molar refractivity (Wildman–Crippen MR) is 53.6 cm³/mol. The molecule has 1 aromatic carbocycles. The fraction of sp³-hybridized carbons (Fsp3) is 0.455. The number of rotatable bonds is 2. The van der Waals surface area contributed by atoms with Crippen molar-refractivity contribution in [1.82, 2.24) is 0 Å². The predicted octanol–water partition coefficient (Wildman–Crippen LogP) is 2.29. The molecule has 86 valence electrons. The van der Waals surface area contributed by atoms with Crippen LogP contribution in [0.2, 0.25) is 0 Å². The van der Waals surface area contributed by atoms with Crippen LogP contribution in [0.15, 0.2) is 23.1 Å². The van der Waals surface area contributed by atoms with Crippen molar-refractivity contribution in [1.29, 1.82) is 0 Å². The van der Waals surface area contributed by atoms with Crippen LogP contribution in [0, 0.1) is 17.6 Å². The number of hydrogen-bond donors (Lipinski definition) is 0. The van der Waals surface area contributed by atoms with Crippen molar-refractivity contribution in [2.45, 2.75) is 28.9 Å². The van der Waals surface area contributed by atoms with E-state index in [4.69, 9.17) is 0 Å². The Hall–Kier alpha value is -0.970.